The van der Waals surface area contributed by atoms with Crippen LogP contribution >= 0.6 is 0 Å². The van der Waals surface area contributed by atoms with Gasteiger partial charge in [0.1, 0.15) is 11.5 Å². The van der Waals surface area contributed by atoms with E-state index in [-0.39, 0.29) is 11.3 Å². The minimum atomic E-state index is -3.47. The van der Waals surface area contributed by atoms with Crippen LogP contribution in [0.2, 0.25) is 0 Å². The van der Waals surface area contributed by atoms with Crippen LogP contribution in [0.25, 0.3) is 0 Å². The Kier molecular flexibility index (Phi) is 7.43. The highest BCUT2D eigenvalue weighted by Gasteiger charge is 2.16. The molecule has 0 heterocycles. The number of amides is 2. The second kappa shape index (κ2) is 9.78. The molecule has 9 nitrogen and oxygen atoms in total. The SMILES string of the molecule is CCOc1ccc(OC(C)C(=O)NNC(=O)c2cccc(NS(C)(=O)=O)c2)cc1. The maximum absolute atomic E-state index is 12.2. The summed E-state index contributed by atoms with van der Waals surface area (Å²) in [6.07, 6.45) is 0.137. The minimum Gasteiger partial charge on any atom is -0.494 e. The summed E-state index contributed by atoms with van der Waals surface area (Å²) in [5.74, 6) is 0.000194. The van der Waals surface area contributed by atoms with Crippen molar-refractivity contribution in [3.63, 3.8) is 0 Å². The first-order valence-electron chi connectivity index (χ1n) is 8.75. The smallest absolute Gasteiger partial charge is 0.279 e. The van der Waals surface area contributed by atoms with Crippen LogP contribution in [0.3, 0.4) is 0 Å². The lowest BCUT2D eigenvalue weighted by Crippen LogP contribution is -2.47. The van der Waals surface area contributed by atoms with Gasteiger partial charge in [-0.3, -0.25) is 25.2 Å². The van der Waals surface area contributed by atoms with Crippen LogP contribution in [0.1, 0.15) is 24.2 Å². The molecule has 29 heavy (non-hydrogen) atoms. The van der Waals surface area contributed by atoms with Crippen molar-refractivity contribution in [2.45, 2.75) is 20.0 Å². The molecule has 156 valence electrons. The van der Waals surface area contributed by atoms with Crippen molar-refractivity contribution in [1.82, 2.24) is 10.9 Å². The summed E-state index contributed by atoms with van der Waals surface area (Å²) in [6, 6.07) is 12.6. The van der Waals surface area contributed by atoms with Crippen LogP contribution in [0.15, 0.2) is 48.5 Å². The molecule has 0 aromatic heterocycles. The molecule has 0 fully saturated rings. The van der Waals surface area contributed by atoms with Gasteiger partial charge in [0.2, 0.25) is 10.0 Å². The Hall–Kier alpha value is -3.27. The lowest BCUT2D eigenvalue weighted by molar-refractivity contribution is -0.128. The van der Waals surface area contributed by atoms with E-state index in [2.05, 4.69) is 15.6 Å². The van der Waals surface area contributed by atoms with Crippen LogP contribution in [0.4, 0.5) is 5.69 Å². The summed E-state index contributed by atoms with van der Waals surface area (Å²) in [7, 11) is -3.47. The summed E-state index contributed by atoms with van der Waals surface area (Å²) in [4.78, 5) is 24.3. The largest absolute Gasteiger partial charge is 0.494 e. The van der Waals surface area contributed by atoms with Gasteiger partial charge >= 0.3 is 0 Å². The van der Waals surface area contributed by atoms with Crippen LogP contribution in [-0.2, 0) is 14.8 Å². The van der Waals surface area contributed by atoms with E-state index in [1.165, 1.54) is 31.2 Å². The molecular formula is C19H23N3O6S. The molecule has 0 aliphatic heterocycles. The number of benzene rings is 2. The predicted molar refractivity (Wildman–Crippen MR) is 108 cm³/mol. The van der Waals surface area contributed by atoms with Gasteiger partial charge in [-0.25, -0.2) is 8.42 Å². The number of anilines is 1. The zero-order valence-electron chi connectivity index (χ0n) is 16.3. The van der Waals surface area contributed by atoms with E-state index in [9.17, 15) is 18.0 Å². The lowest BCUT2D eigenvalue weighted by atomic mass is 10.2. The minimum absolute atomic E-state index is 0.166. The zero-order chi connectivity index (χ0) is 21.4. The number of carbonyl (C=O) groups is 2. The zero-order valence-corrected chi connectivity index (χ0v) is 17.1. The van der Waals surface area contributed by atoms with Crippen molar-refractivity contribution in [2.24, 2.45) is 0 Å². The second-order valence-corrected chi connectivity index (χ2v) is 7.81. The maximum Gasteiger partial charge on any atom is 0.279 e. The first kappa shape index (κ1) is 22.0. The van der Waals surface area contributed by atoms with E-state index in [1.54, 1.807) is 24.3 Å². The fourth-order valence-corrected chi connectivity index (χ4v) is 2.82. The summed E-state index contributed by atoms with van der Waals surface area (Å²) < 4.78 is 35.7. The Bertz CT molecular complexity index is 960. The lowest BCUT2D eigenvalue weighted by Gasteiger charge is -2.15. The molecule has 0 aliphatic carbocycles. The highest BCUT2D eigenvalue weighted by atomic mass is 32.2. The van der Waals surface area contributed by atoms with E-state index in [0.29, 0.717) is 18.1 Å². The van der Waals surface area contributed by atoms with Gasteiger partial charge in [-0.1, -0.05) is 6.07 Å². The Labute approximate surface area is 169 Å². The van der Waals surface area contributed by atoms with Crippen molar-refractivity contribution >= 4 is 27.5 Å². The number of rotatable bonds is 8. The van der Waals surface area contributed by atoms with Crippen molar-refractivity contribution in [2.75, 3.05) is 17.6 Å². The van der Waals surface area contributed by atoms with Crippen LogP contribution in [-0.4, -0.2) is 39.2 Å². The standard InChI is InChI=1S/C19H23N3O6S/c1-4-27-16-8-10-17(11-9-16)28-13(2)18(23)20-21-19(24)14-6-5-7-15(12-14)22-29(3,25)26/h5-13,22H,4H2,1-3H3,(H,20,23)(H,21,24). The average molecular weight is 421 g/mol. The quantitative estimate of drug-likeness (QED) is 0.558. The fourth-order valence-electron chi connectivity index (χ4n) is 2.27. The van der Waals surface area contributed by atoms with E-state index in [0.717, 1.165) is 6.26 Å². The number of hydrogen-bond acceptors (Lipinski definition) is 6. The van der Waals surface area contributed by atoms with Gasteiger partial charge in [0.15, 0.2) is 6.10 Å². The molecule has 0 aliphatic rings. The van der Waals surface area contributed by atoms with Crippen molar-refractivity contribution in [3.8, 4) is 11.5 Å². The number of carbonyl (C=O) groups excluding carboxylic acids is 2. The second-order valence-electron chi connectivity index (χ2n) is 6.06. The monoisotopic (exact) mass is 421 g/mol. The normalized spacial score (nSPS) is 11.8. The third-order valence-electron chi connectivity index (χ3n) is 3.54. The summed E-state index contributed by atoms with van der Waals surface area (Å²) in [5.41, 5.74) is 4.94. The Morgan fingerprint density at radius 1 is 1.03 bits per heavy atom. The van der Waals surface area contributed by atoms with Gasteiger partial charge in [-0.2, -0.15) is 0 Å². The summed E-state index contributed by atoms with van der Waals surface area (Å²) in [5, 5.41) is 0. The maximum atomic E-state index is 12.2. The van der Waals surface area contributed by atoms with Gasteiger partial charge in [-0.15, -0.1) is 0 Å². The van der Waals surface area contributed by atoms with Gasteiger partial charge in [0.25, 0.3) is 11.8 Å². The molecule has 0 saturated heterocycles. The van der Waals surface area contributed by atoms with Gasteiger partial charge in [-0.05, 0) is 56.3 Å². The first-order chi connectivity index (χ1) is 13.7. The molecule has 2 aromatic rings. The third kappa shape index (κ3) is 7.34. The van der Waals surface area contributed by atoms with Gasteiger partial charge in [0.05, 0.1) is 12.9 Å². The van der Waals surface area contributed by atoms with Crippen molar-refractivity contribution in [1.29, 1.82) is 0 Å². The fraction of sp³-hybridized carbons (Fsp3) is 0.263. The molecular weight excluding hydrogens is 398 g/mol. The molecule has 0 radical (unpaired) electrons. The molecule has 2 amide bonds. The Balaban J connectivity index is 1.89. The number of sulfonamides is 1. The third-order valence-corrected chi connectivity index (χ3v) is 4.15. The molecule has 0 saturated carbocycles. The molecule has 0 spiro atoms. The van der Waals surface area contributed by atoms with Gasteiger partial charge < -0.3 is 9.47 Å². The van der Waals surface area contributed by atoms with Gasteiger partial charge in [0, 0.05) is 11.3 Å². The Morgan fingerprint density at radius 3 is 2.31 bits per heavy atom. The first-order valence-corrected chi connectivity index (χ1v) is 10.6. The summed E-state index contributed by atoms with van der Waals surface area (Å²) in [6.45, 7) is 3.96. The van der Waals surface area contributed by atoms with Crippen LogP contribution in [0, 0.1) is 0 Å². The van der Waals surface area contributed by atoms with Crippen molar-refractivity contribution < 1.29 is 27.5 Å². The number of nitrogens with one attached hydrogen (secondary N) is 3. The average Bonchev–Trinajstić information content (AvgIpc) is 2.66. The van der Waals surface area contributed by atoms with E-state index in [4.69, 9.17) is 9.47 Å². The van der Waals surface area contributed by atoms with E-state index >= 15 is 0 Å². The van der Waals surface area contributed by atoms with E-state index in [1.807, 2.05) is 6.92 Å². The van der Waals surface area contributed by atoms with Crippen LogP contribution in [0.5, 0.6) is 11.5 Å². The molecule has 2 rings (SSSR count). The summed E-state index contributed by atoms with van der Waals surface area (Å²) >= 11 is 0. The Morgan fingerprint density at radius 2 is 1.69 bits per heavy atom. The number of ether oxygens (including phenoxy) is 2. The molecule has 3 N–H and O–H groups in total. The van der Waals surface area contributed by atoms with Crippen LogP contribution < -0.4 is 25.0 Å². The van der Waals surface area contributed by atoms with Crippen molar-refractivity contribution in [3.05, 3.63) is 54.1 Å². The highest BCUT2D eigenvalue weighted by Crippen LogP contribution is 2.18. The topological polar surface area (TPSA) is 123 Å². The number of hydrazine groups is 1. The molecule has 2 aromatic carbocycles. The molecule has 1 unspecified atom stereocenters. The molecule has 10 heteroatoms. The molecule has 0 bridgehead atoms. The number of hydrogen-bond donors (Lipinski definition) is 3. The molecule has 1 atom stereocenters. The highest BCUT2D eigenvalue weighted by molar-refractivity contribution is 7.92. The predicted octanol–water partition coefficient (Wildman–Crippen LogP) is 1.69. The van der Waals surface area contributed by atoms with E-state index < -0.39 is 27.9 Å².